The topological polar surface area (TPSA) is 86.3 Å². The number of nitrogens with zero attached hydrogens (tertiary/aromatic N) is 2. The molecule has 0 N–H and O–H groups in total. The second kappa shape index (κ2) is 9.99. The first kappa shape index (κ1) is 15.8. The molecular formula is C11H22N2O4. The van der Waals surface area contributed by atoms with Crippen LogP contribution >= 0.6 is 0 Å². The molecule has 0 rings (SSSR count). The molecule has 0 radical (unpaired) electrons. The molecule has 100 valence electrons. The van der Waals surface area contributed by atoms with Gasteiger partial charge in [-0.05, 0) is 6.42 Å². The Bertz CT molecular complexity index is 220. The van der Waals surface area contributed by atoms with Crippen LogP contribution in [0.1, 0.15) is 64.7 Å². The summed E-state index contributed by atoms with van der Waals surface area (Å²) in [6.45, 7) is 2.16. The summed E-state index contributed by atoms with van der Waals surface area (Å²) in [5.41, 5.74) is 0. The van der Waals surface area contributed by atoms with Crippen LogP contribution in [0.4, 0.5) is 0 Å². The van der Waals surface area contributed by atoms with Crippen LogP contribution in [0.3, 0.4) is 0 Å². The van der Waals surface area contributed by atoms with Gasteiger partial charge in [-0.15, -0.1) is 0 Å². The van der Waals surface area contributed by atoms with Crippen molar-refractivity contribution in [2.75, 3.05) is 0 Å². The monoisotopic (exact) mass is 246 g/mol. The van der Waals surface area contributed by atoms with Crippen molar-refractivity contribution < 1.29 is 9.85 Å². The molecule has 0 heterocycles. The molecule has 0 aromatic carbocycles. The van der Waals surface area contributed by atoms with Gasteiger partial charge in [-0.3, -0.25) is 20.2 Å². The van der Waals surface area contributed by atoms with Crippen LogP contribution in [0.15, 0.2) is 0 Å². The minimum atomic E-state index is -1.62. The largest absolute Gasteiger partial charge is 0.450 e. The zero-order valence-corrected chi connectivity index (χ0v) is 10.5. The lowest BCUT2D eigenvalue weighted by molar-refractivity contribution is -0.743. The van der Waals surface area contributed by atoms with Crippen LogP contribution < -0.4 is 0 Å². The Balaban J connectivity index is 3.43. The zero-order chi connectivity index (χ0) is 13.1. The fraction of sp³-hybridized carbons (Fsp3) is 1.00. The van der Waals surface area contributed by atoms with Gasteiger partial charge in [0.15, 0.2) is 0 Å². The maximum atomic E-state index is 10.3. The average molecular weight is 246 g/mol. The van der Waals surface area contributed by atoms with Crippen molar-refractivity contribution in [2.24, 2.45) is 0 Å². The molecule has 0 fully saturated rings. The van der Waals surface area contributed by atoms with Crippen molar-refractivity contribution in [3.05, 3.63) is 20.2 Å². The van der Waals surface area contributed by atoms with Crippen molar-refractivity contribution in [2.45, 2.75) is 70.9 Å². The predicted octanol–water partition coefficient (Wildman–Crippen LogP) is 3.40. The standard InChI is InChI=1S/C11H22N2O4/c1-2-3-4-5-6-7-8-9-10-11(12(14)15)13(16)17/h11H,2-10H2,1H3. The van der Waals surface area contributed by atoms with Crippen LogP contribution in [0, 0.1) is 20.2 Å². The van der Waals surface area contributed by atoms with Gasteiger partial charge in [-0.1, -0.05) is 51.9 Å². The minimum Gasteiger partial charge on any atom is -0.259 e. The third-order valence-corrected chi connectivity index (χ3v) is 2.80. The smallest absolute Gasteiger partial charge is 0.259 e. The van der Waals surface area contributed by atoms with Crippen molar-refractivity contribution in [1.82, 2.24) is 0 Å². The van der Waals surface area contributed by atoms with E-state index in [4.69, 9.17) is 0 Å². The van der Waals surface area contributed by atoms with Gasteiger partial charge in [0, 0.05) is 0 Å². The molecule has 6 nitrogen and oxygen atoms in total. The summed E-state index contributed by atoms with van der Waals surface area (Å²) >= 11 is 0. The lowest BCUT2D eigenvalue weighted by Gasteiger charge is -2.02. The molecule has 0 aromatic rings. The Hall–Kier alpha value is -1.20. The van der Waals surface area contributed by atoms with Gasteiger partial charge in [0.05, 0.1) is 16.3 Å². The van der Waals surface area contributed by atoms with Gasteiger partial charge < -0.3 is 0 Å². The van der Waals surface area contributed by atoms with Crippen LogP contribution in [-0.4, -0.2) is 16.0 Å². The van der Waals surface area contributed by atoms with E-state index in [-0.39, 0.29) is 6.42 Å². The van der Waals surface area contributed by atoms with E-state index in [1.807, 2.05) is 0 Å². The summed E-state index contributed by atoms with van der Waals surface area (Å²) in [5, 5.41) is 20.7. The Morgan fingerprint density at radius 2 is 1.24 bits per heavy atom. The molecule has 0 aliphatic rings. The van der Waals surface area contributed by atoms with Gasteiger partial charge in [-0.25, -0.2) is 0 Å². The predicted molar refractivity (Wildman–Crippen MR) is 65.0 cm³/mol. The van der Waals surface area contributed by atoms with E-state index in [9.17, 15) is 20.2 Å². The number of unbranched alkanes of at least 4 members (excludes halogenated alkanes) is 7. The average Bonchev–Trinajstić information content (AvgIpc) is 2.26. The van der Waals surface area contributed by atoms with E-state index < -0.39 is 16.0 Å². The Labute approximate surface area is 102 Å². The molecule has 0 amide bonds. The molecule has 0 saturated carbocycles. The van der Waals surface area contributed by atoms with Crippen molar-refractivity contribution in [3.8, 4) is 0 Å². The lowest BCUT2D eigenvalue weighted by atomic mass is 10.1. The van der Waals surface area contributed by atoms with E-state index in [1.165, 1.54) is 25.7 Å². The van der Waals surface area contributed by atoms with Gasteiger partial charge in [0.25, 0.3) is 0 Å². The molecule has 17 heavy (non-hydrogen) atoms. The summed E-state index contributed by atoms with van der Waals surface area (Å²) < 4.78 is 0. The SMILES string of the molecule is CCCCCCCCCCC([N+](=O)[O-])[N+](=O)[O-]. The van der Waals surface area contributed by atoms with Gasteiger partial charge >= 0.3 is 6.17 Å². The molecule has 0 spiro atoms. The highest BCUT2D eigenvalue weighted by Crippen LogP contribution is 2.11. The second-order valence-corrected chi connectivity index (χ2v) is 4.31. The Morgan fingerprint density at radius 1 is 0.824 bits per heavy atom. The first-order valence-corrected chi connectivity index (χ1v) is 6.36. The van der Waals surface area contributed by atoms with Crippen LogP contribution in [-0.2, 0) is 0 Å². The van der Waals surface area contributed by atoms with E-state index in [0.29, 0.717) is 6.42 Å². The highest BCUT2D eigenvalue weighted by Gasteiger charge is 2.30. The third kappa shape index (κ3) is 8.59. The molecule has 6 heteroatoms. The highest BCUT2D eigenvalue weighted by atomic mass is 16.7. The fourth-order valence-corrected chi connectivity index (χ4v) is 1.75. The number of nitro groups is 2. The number of hydrogen-bond donors (Lipinski definition) is 0. The normalized spacial score (nSPS) is 10.7. The lowest BCUT2D eigenvalue weighted by Crippen LogP contribution is -2.28. The van der Waals surface area contributed by atoms with Gasteiger partial charge in [0.2, 0.25) is 0 Å². The molecule has 0 aliphatic carbocycles. The summed E-state index contributed by atoms with van der Waals surface area (Å²) in [6.07, 6.45) is 6.91. The van der Waals surface area contributed by atoms with E-state index in [2.05, 4.69) is 6.92 Å². The Morgan fingerprint density at radius 3 is 1.65 bits per heavy atom. The first-order chi connectivity index (χ1) is 8.09. The molecule has 0 atom stereocenters. The fourth-order valence-electron chi connectivity index (χ4n) is 1.75. The zero-order valence-electron chi connectivity index (χ0n) is 10.5. The van der Waals surface area contributed by atoms with E-state index >= 15 is 0 Å². The summed E-state index contributed by atoms with van der Waals surface area (Å²) in [5.74, 6) is 0. The first-order valence-electron chi connectivity index (χ1n) is 6.36. The Kier molecular flexibility index (Phi) is 9.28. The molecule has 0 bridgehead atoms. The molecule has 0 aromatic heterocycles. The van der Waals surface area contributed by atoms with Crippen molar-refractivity contribution in [1.29, 1.82) is 0 Å². The van der Waals surface area contributed by atoms with E-state index in [0.717, 1.165) is 19.3 Å². The van der Waals surface area contributed by atoms with Gasteiger partial charge in [-0.2, -0.15) is 0 Å². The van der Waals surface area contributed by atoms with Crippen LogP contribution in [0.2, 0.25) is 0 Å². The highest BCUT2D eigenvalue weighted by molar-refractivity contribution is 4.48. The summed E-state index contributed by atoms with van der Waals surface area (Å²) in [4.78, 5) is 19.1. The second-order valence-electron chi connectivity index (χ2n) is 4.31. The molecule has 0 saturated heterocycles. The quantitative estimate of drug-likeness (QED) is 0.242. The maximum Gasteiger partial charge on any atom is 0.450 e. The number of hydrogen-bond acceptors (Lipinski definition) is 4. The summed E-state index contributed by atoms with van der Waals surface area (Å²) in [6, 6.07) is 0. The van der Waals surface area contributed by atoms with Crippen LogP contribution in [0.25, 0.3) is 0 Å². The summed E-state index contributed by atoms with van der Waals surface area (Å²) in [7, 11) is 0. The molecule has 0 unspecified atom stereocenters. The maximum absolute atomic E-state index is 10.3. The number of rotatable bonds is 11. The molecular weight excluding hydrogens is 224 g/mol. The van der Waals surface area contributed by atoms with Gasteiger partial charge in [0.1, 0.15) is 0 Å². The minimum absolute atomic E-state index is 0.0506. The van der Waals surface area contributed by atoms with Crippen molar-refractivity contribution in [3.63, 3.8) is 0 Å². The van der Waals surface area contributed by atoms with E-state index in [1.54, 1.807) is 0 Å². The molecule has 0 aliphatic heterocycles. The third-order valence-electron chi connectivity index (χ3n) is 2.80. The van der Waals surface area contributed by atoms with Crippen molar-refractivity contribution >= 4 is 0 Å². The van der Waals surface area contributed by atoms with Crippen LogP contribution in [0.5, 0.6) is 0 Å².